The smallest absolute Gasteiger partial charge is 0.326 e. The van der Waals surface area contributed by atoms with Crippen molar-refractivity contribution in [3.05, 3.63) is 0 Å². The van der Waals surface area contributed by atoms with Crippen molar-refractivity contribution in [2.75, 3.05) is 0 Å². The fourth-order valence-corrected chi connectivity index (χ4v) is 2.21. The van der Waals surface area contributed by atoms with Crippen molar-refractivity contribution < 1.29 is 34.2 Å². The lowest BCUT2D eigenvalue weighted by Crippen LogP contribution is -2.54. The van der Waals surface area contributed by atoms with Crippen molar-refractivity contribution in [3.8, 4) is 0 Å². The van der Waals surface area contributed by atoms with Gasteiger partial charge in [0.1, 0.15) is 12.1 Å². The number of carbonyl (C=O) groups is 5. The molecule has 0 aromatic carbocycles. The Balaban J connectivity index is 5.07. The fourth-order valence-electron chi connectivity index (χ4n) is 2.21. The summed E-state index contributed by atoms with van der Waals surface area (Å²) in [5.41, 5.74) is 10.7. The average molecular weight is 388 g/mol. The molecule has 0 unspecified atom stereocenters. The Kier molecular flexibility index (Phi) is 10.7. The Morgan fingerprint density at radius 3 is 1.89 bits per heavy atom. The van der Waals surface area contributed by atoms with Gasteiger partial charge in [-0.05, 0) is 25.2 Å². The van der Waals surface area contributed by atoms with Gasteiger partial charge in [0.2, 0.25) is 17.7 Å². The molecule has 0 aromatic heterocycles. The Morgan fingerprint density at radius 2 is 1.44 bits per heavy atom. The summed E-state index contributed by atoms with van der Waals surface area (Å²) in [7, 11) is 0. The van der Waals surface area contributed by atoms with E-state index in [4.69, 9.17) is 16.6 Å². The topological polar surface area (TPSA) is 202 Å². The van der Waals surface area contributed by atoms with Crippen LogP contribution < -0.4 is 22.1 Å². The highest BCUT2D eigenvalue weighted by Gasteiger charge is 2.28. The molecule has 0 aliphatic heterocycles. The molecule has 0 aromatic rings. The van der Waals surface area contributed by atoms with E-state index in [-0.39, 0.29) is 38.0 Å². The number of amides is 3. The number of hydrogen-bond donors (Lipinski definition) is 6. The molecule has 0 heterocycles. The van der Waals surface area contributed by atoms with E-state index in [1.165, 1.54) is 0 Å². The molecule has 3 amide bonds. The van der Waals surface area contributed by atoms with E-state index >= 15 is 0 Å². The van der Waals surface area contributed by atoms with E-state index in [0.717, 1.165) is 0 Å². The van der Waals surface area contributed by atoms with Crippen LogP contribution in [0.4, 0.5) is 0 Å². The first kappa shape index (κ1) is 24.3. The van der Waals surface area contributed by atoms with Gasteiger partial charge < -0.3 is 32.3 Å². The van der Waals surface area contributed by atoms with Crippen molar-refractivity contribution in [1.82, 2.24) is 10.6 Å². The van der Waals surface area contributed by atoms with Gasteiger partial charge in [-0.2, -0.15) is 0 Å². The molecule has 154 valence electrons. The second-order valence-electron chi connectivity index (χ2n) is 6.63. The minimum Gasteiger partial charge on any atom is -0.481 e. The number of hydrogen-bond acceptors (Lipinski definition) is 6. The quantitative estimate of drug-likeness (QED) is 0.220. The largest absolute Gasteiger partial charge is 0.481 e. The Labute approximate surface area is 156 Å². The Morgan fingerprint density at radius 1 is 0.889 bits per heavy atom. The minimum absolute atomic E-state index is 0.00509. The maximum atomic E-state index is 12.4. The van der Waals surface area contributed by atoms with Crippen molar-refractivity contribution in [2.24, 2.45) is 17.4 Å². The van der Waals surface area contributed by atoms with Crippen LogP contribution in [0.5, 0.6) is 0 Å². The number of nitrogens with two attached hydrogens (primary N) is 2. The first-order chi connectivity index (χ1) is 12.4. The average Bonchev–Trinajstić information content (AvgIpc) is 2.54. The summed E-state index contributed by atoms with van der Waals surface area (Å²) in [4.78, 5) is 57.3. The van der Waals surface area contributed by atoms with Crippen LogP contribution in [0.25, 0.3) is 0 Å². The van der Waals surface area contributed by atoms with Crippen molar-refractivity contribution in [2.45, 2.75) is 64.1 Å². The molecule has 11 heteroatoms. The highest BCUT2D eigenvalue weighted by Crippen LogP contribution is 2.07. The molecule has 0 radical (unpaired) electrons. The maximum Gasteiger partial charge on any atom is 0.326 e. The van der Waals surface area contributed by atoms with Crippen LogP contribution in [0.2, 0.25) is 0 Å². The summed E-state index contributed by atoms with van der Waals surface area (Å²) in [5.74, 6) is -4.63. The second kappa shape index (κ2) is 11.8. The monoisotopic (exact) mass is 388 g/mol. The standard InChI is InChI=1S/C16H28N4O7/c1-8(2)7-11(16(26)27)20-15(25)10(4-5-12(18)21)19-14(24)9(17)3-6-13(22)23/h8-11H,3-7,17H2,1-2H3,(H2,18,21)(H,19,24)(H,20,25)(H,22,23)(H,26,27)/t9-,10-,11-/m0/s1. The molecule has 0 bridgehead atoms. The van der Waals surface area contributed by atoms with Crippen LogP contribution in [-0.2, 0) is 24.0 Å². The van der Waals surface area contributed by atoms with Crippen LogP contribution in [-0.4, -0.2) is 58.0 Å². The Bertz CT molecular complexity index is 565. The number of carbonyl (C=O) groups excluding carboxylic acids is 3. The molecule has 3 atom stereocenters. The molecule has 0 rings (SSSR count). The fraction of sp³-hybridized carbons (Fsp3) is 0.688. The third-order valence-electron chi connectivity index (χ3n) is 3.64. The summed E-state index contributed by atoms with van der Waals surface area (Å²) < 4.78 is 0. The van der Waals surface area contributed by atoms with Gasteiger partial charge >= 0.3 is 11.9 Å². The number of nitrogens with one attached hydrogen (secondary N) is 2. The van der Waals surface area contributed by atoms with E-state index in [2.05, 4.69) is 10.6 Å². The molecule has 0 spiro atoms. The first-order valence-electron chi connectivity index (χ1n) is 8.53. The van der Waals surface area contributed by atoms with Gasteiger partial charge in [-0.15, -0.1) is 0 Å². The summed E-state index contributed by atoms with van der Waals surface area (Å²) in [6, 6.07) is -3.56. The zero-order valence-corrected chi connectivity index (χ0v) is 15.4. The normalized spacial score (nSPS) is 14.1. The summed E-state index contributed by atoms with van der Waals surface area (Å²) >= 11 is 0. The van der Waals surface area contributed by atoms with E-state index in [1.807, 2.05) is 0 Å². The molecule has 0 aliphatic rings. The zero-order chi connectivity index (χ0) is 21.1. The molecule has 8 N–H and O–H groups in total. The van der Waals surface area contributed by atoms with Gasteiger partial charge in [-0.25, -0.2) is 4.79 Å². The molecule has 0 fully saturated rings. The third-order valence-corrected chi connectivity index (χ3v) is 3.64. The van der Waals surface area contributed by atoms with Gasteiger partial charge in [0.25, 0.3) is 0 Å². The molecule has 27 heavy (non-hydrogen) atoms. The number of carboxylic acids is 2. The van der Waals surface area contributed by atoms with E-state index in [1.54, 1.807) is 13.8 Å². The lowest BCUT2D eigenvalue weighted by molar-refractivity contribution is -0.142. The SMILES string of the molecule is CC(C)C[C@H](NC(=O)[C@H](CCC(N)=O)NC(=O)[C@@H](N)CCC(=O)O)C(=O)O. The summed E-state index contributed by atoms with van der Waals surface area (Å²) in [5, 5.41) is 22.5. The van der Waals surface area contributed by atoms with Crippen LogP contribution >= 0.6 is 0 Å². The first-order valence-corrected chi connectivity index (χ1v) is 8.53. The number of aliphatic carboxylic acids is 2. The lowest BCUT2D eigenvalue weighted by Gasteiger charge is -2.23. The van der Waals surface area contributed by atoms with Crippen LogP contribution in [0.1, 0.15) is 46.0 Å². The van der Waals surface area contributed by atoms with E-state index < -0.39 is 47.8 Å². The van der Waals surface area contributed by atoms with E-state index in [9.17, 15) is 29.1 Å². The lowest BCUT2D eigenvalue weighted by atomic mass is 10.0. The molecule has 0 aliphatic carbocycles. The summed E-state index contributed by atoms with van der Waals surface area (Å²) in [6.45, 7) is 3.58. The molecule has 11 nitrogen and oxygen atoms in total. The molecule has 0 saturated heterocycles. The van der Waals surface area contributed by atoms with Crippen molar-refractivity contribution in [3.63, 3.8) is 0 Å². The van der Waals surface area contributed by atoms with Gasteiger partial charge in [0.15, 0.2) is 0 Å². The Hall–Kier alpha value is -2.69. The number of rotatable bonds is 13. The second-order valence-corrected chi connectivity index (χ2v) is 6.63. The highest BCUT2D eigenvalue weighted by atomic mass is 16.4. The van der Waals surface area contributed by atoms with Crippen LogP contribution in [0.15, 0.2) is 0 Å². The highest BCUT2D eigenvalue weighted by molar-refractivity contribution is 5.92. The molecule has 0 saturated carbocycles. The van der Waals surface area contributed by atoms with Gasteiger partial charge in [0, 0.05) is 12.8 Å². The minimum atomic E-state index is -1.23. The van der Waals surface area contributed by atoms with Crippen LogP contribution in [0, 0.1) is 5.92 Å². The predicted molar refractivity (Wildman–Crippen MR) is 94.2 cm³/mol. The maximum absolute atomic E-state index is 12.4. The van der Waals surface area contributed by atoms with Gasteiger partial charge in [-0.3, -0.25) is 19.2 Å². The van der Waals surface area contributed by atoms with Crippen LogP contribution in [0.3, 0.4) is 0 Å². The van der Waals surface area contributed by atoms with Crippen molar-refractivity contribution in [1.29, 1.82) is 0 Å². The molecular weight excluding hydrogens is 360 g/mol. The van der Waals surface area contributed by atoms with Crippen molar-refractivity contribution >= 4 is 29.7 Å². The summed E-state index contributed by atoms with van der Waals surface area (Å²) in [6.07, 6.45) is -0.661. The number of carboxylic acid groups (broad SMARTS) is 2. The predicted octanol–water partition coefficient (Wildman–Crippen LogP) is -1.46. The number of primary amides is 1. The zero-order valence-electron chi connectivity index (χ0n) is 15.4. The third kappa shape index (κ3) is 10.8. The van der Waals surface area contributed by atoms with E-state index in [0.29, 0.717) is 0 Å². The molecular formula is C16H28N4O7. The van der Waals surface area contributed by atoms with Gasteiger partial charge in [0.05, 0.1) is 6.04 Å². The van der Waals surface area contributed by atoms with Gasteiger partial charge in [-0.1, -0.05) is 13.8 Å².